The molecule has 1 aliphatic rings. The lowest BCUT2D eigenvalue weighted by molar-refractivity contribution is -0.136. The minimum atomic E-state index is -3.52. The SMILES string of the molecule is CCc1noc(CN(C)C(=O)C2CCN(S(=O)(=O)c3ccc(C)cc3)CC2)n1. The standard InChI is InChI=1S/C19H26N4O4S/c1-4-17-20-18(27-21-17)13-22(3)19(24)15-9-11-23(12-10-15)28(25,26)16-7-5-14(2)6-8-16/h5-8,15H,4,9-13H2,1-3H3. The van der Waals surface area contributed by atoms with Crippen LogP contribution in [0.5, 0.6) is 0 Å². The summed E-state index contributed by atoms with van der Waals surface area (Å²) in [4.78, 5) is 18.8. The van der Waals surface area contributed by atoms with Gasteiger partial charge in [-0.2, -0.15) is 9.29 Å². The number of sulfonamides is 1. The van der Waals surface area contributed by atoms with Gasteiger partial charge in [0.15, 0.2) is 5.82 Å². The Bertz CT molecular complexity index is 916. The highest BCUT2D eigenvalue weighted by Gasteiger charge is 2.33. The molecule has 0 bridgehead atoms. The molecular formula is C19H26N4O4S. The Morgan fingerprint density at radius 2 is 1.89 bits per heavy atom. The fourth-order valence-corrected chi connectivity index (χ4v) is 4.76. The molecule has 9 heteroatoms. The van der Waals surface area contributed by atoms with Crippen molar-refractivity contribution >= 4 is 15.9 Å². The maximum absolute atomic E-state index is 12.8. The normalized spacial score (nSPS) is 16.2. The fourth-order valence-electron chi connectivity index (χ4n) is 3.29. The predicted octanol–water partition coefficient (Wildman–Crippen LogP) is 2.00. The molecule has 1 aromatic carbocycles. The van der Waals surface area contributed by atoms with Crippen molar-refractivity contribution in [3.8, 4) is 0 Å². The van der Waals surface area contributed by atoms with E-state index in [2.05, 4.69) is 10.1 Å². The number of carbonyl (C=O) groups is 1. The molecule has 0 unspecified atom stereocenters. The lowest BCUT2D eigenvalue weighted by atomic mass is 9.97. The Kier molecular flexibility index (Phi) is 6.14. The second-order valence-electron chi connectivity index (χ2n) is 7.14. The zero-order valence-electron chi connectivity index (χ0n) is 16.5. The fraction of sp³-hybridized carbons (Fsp3) is 0.526. The third-order valence-electron chi connectivity index (χ3n) is 5.04. The molecule has 3 rings (SSSR count). The zero-order valence-corrected chi connectivity index (χ0v) is 17.3. The van der Waals surface area contributed by atoms with Crippen LogP contribution in [0.3, 0.4) is 0 Å². The van der Waals surface area contributed by atoms with Crippen LogP contribution in [-0.2, 0) is 27.8 Å². The van der Waals surface area contributed by atoms with E-state index in [-0.39, 0.29) is 18.4 Å². The first-order valence-electron chi connectivity index (χ1n) is 9.44. The van der Waals surface area contributed by atoms with E-state index in [9.17, 15) is 13.2 Å². The Hall–Kier alpha value is -2.26. The highest BCUT2D eigenvalue weighted by atomic mass is 32.2. The predicted molar refractivity (Wildman–Crippen MR) is 103 cm³/mol. The minimum Gasteiger partial charge on any atom is -0.337 e. The number of hydrogen-bond donors (Lipinski definition) is 0. The van der Waals surface area contributed by atoms with Crippen LogP contribution in [0.4, 0.5) is 0 Å². The van der Waals surface area contributed by atoms with Gasteiger partial charge >= 0.3 is 0 Å². The van der Waals surface area contributed by atoms with Gasteiger partial charge in [0.05, 0.1) is 11.4 Å². The molecule has 0 spiro atoms. The molecule has 1 aliphatic heterocycles. The van der Waals surface area contributed by atoms with E-state index in [4.69, 9.17) is 4.52 Å². The Morgan fingerprint density at radius 1 is 1.25 bits per heavy atom. The highest BCUT2D eigenvalue weighted by molar-refractivity contribution is 7.89. The number of piperidine rings is 1. The van der Waals surface area contributed by atoms with E-state index in [1.54, 1.807) is 36.2 Å². The maximum Gasteiger partial charge on any atom is 0.246 e. The molecule has 1 amide bonds. The lowest BCUT2D eigenvalue weighted by Crippen LogP contribution is -2.43. The first-order valence-corrected chi connectivity index (χ1v) is 10.9. The van der Waals surface area contributed by atoms with Crippen molar-refractivity contribution < 1.29 is 17.7 Å². The van der Waals surface area contributed by atoms with E-state index < -0.39 is 10.0 Å². The van der Waals surface area contributed by atoms with E-state index in [1.807, 2.05) is 13.8 Å². The number of nitrogens with zero attached hydrogens (tertiary/aromatic N) is 4. The molecule has 1 fully saturated rings. The van der Waals surface area contributed by atoms with E-state index in [0.717, 1.165) is 5.56 Å². The van der Waals surface area contributed by atoms with Crippen molar-refractivity contribution in [2.45, 2.75) is 44.6 Å². The molecule has 0 aliphatic carbocycles. The quantitative estimate of drug-likeness (QED) is 0.728. The van der Waals surface area contributed by atoms with Crippen molar-refractivity contribution in [2.24, 2.45) is 5.92 Å². The Labute approximate surface area is 165 Å². The van der Waals surface area contributed by atoms with Gasteiger partial charge in [-0.05, 0) is 31.9 Å². The van der Waals surface area contributed by atoms with Gasteiger partial charge in [-0.15, -0.1) is 0 Å². The molecule has 28 heavy (non-hydrogen) atoms. The Morgan fingerprint density at radius 3 is 2.46 bits per heavy atom. The molecule has 2 heterocycles. The van der Waals surface area contributed by atoms with E-state index in [0.29, 0.717) is 49.0 Å². The number of rotatable bonds is 6. The Balaban J connectivity index is 1.58. The topological polar surface area (TPSA) is 96.6 Å². The number of aromatic nitrogens is 2. The third kappa shape index (κ3) is 4.41. The summed E-state index contributed by atoms with van der Waals surface area (Å²) in [5.74, 6) is 0.796. The van der Waals surface area contributed by atoms with Crippen molar-refractivity contribution in [1.82, 2.24) is 19.3 Å². The number of carbonyl (C=O) groups excluding carboxylic acids is 1. The van der Waals surface area contributed by atoms with Crippen LogP contribution in [0.1, 0.15) is 37.0 Å². The molecule has 0 atom stereocenters. The largest absolute Gasteiger partial charge is 0.337 e. The van der Waals surface area contributed by atoms with Crippen LogP contribution in [0.15, 0.2) is 33.7 Å². The number of aryl methyl sites for hydroxylation is 2. The zero-order chi connectivity index (χ0) is 20.3. The monoisotopic (exact) mass is 406 g/mol. The summed E-state index contributed by atoms with van der Waals surface area (Å²) in [6.45, 7) is 4.78. The van der Waals surface area contributed by atoms with Crippen molar-refractivity contribution in [3.05, 3.63) is 41.5 Å². The van der Waals surface area contributed by atoms with Crippen LogP contribution < -0.4 is 0 Å². The number of amides is 1. The molecule has 0 N–H and O–H groups in total. The lowest BCUT2D eigenvalue weighted by Gasteiger charge is -2.32. The molecule has 0 radical (unpaired) electrons. The van der Waals surface area contributed by atoms with Crippen LogP contribution in [0, 0.1) is 12.8 Å². The molecule has 152 valence electrons. The molecular weight excluding hydrogens is 380 g/mol. The van der Waals surface area contributed by atoms with Gasteiger partial charge in [0.1, 0.15) is 0 Å². The second-order valence-corrected chi connectivity index (χ2v) is 9.08. The average Bonchev–Trinajstić information content (AvgIpc) is 3.15. The summed E-state index contributed by atoms with van der Waals surface area (Å²) in [5.41, 5.74) is 1.01. The molecule has 0 saturated carbocycles. The summed E-state index contributed by atoms with van der Waals surface area (Å²) in [5, 5.41) is 3.83. The van der Waals surface area contributed by atoms with Gasteiger partial charge in [-0.1, -0.05) is 29.8 Å². The van der Waals surface area contributed by atoms with Gasteiger partial charge in [0, 0.05) is 32.5 Å². The molecule has 2 aromatic rings. The summed E-state index contributed by atoms with van der Waals surface area (Å²) >= 11 is 0. The second kappa shape index (κ2) is 8.40. The van der Waals surface area contributed by atoms with Gasteiger partial charge in [-0.25, -0.2) is 8.42 Å². The van der Waals surface area contributed by atoms with E-state index >= 15 is 0 Å². The molecule has 1 aromatic heterocycles. The minimum absolute atomic E-state index is 0.0244. The first-order chi connectivity index (χ1) is 13.3. The highest BCUT2D eigenvalue weighted by Crippen LogP contribution is 2.25. The third-order valence-corrected chi connectivity index (χ3v) is 6.95. The van der Waals surface area contributed by atoms with Gasteiger partial charge in [0.25, 0.3) is 0 Å². The summed E-state index contributed by atoms with van der Waals surface area (Å²) in [6, 6.07) is 6.84. The van der Waals surface area contributed by atoms with Crippen LogP contribution >= 0.6 is 0 Å². The average molecular weight is 407 g/mol. The summed E-state index contributed by atoms with van der Waals surface area (Å²) in [7, 11) is -1.82. The van der Waals surface area contributed by atoms with Crippen molar-refractivity contribution in [3.63, 3.8) is 0 Å². The molecule has 1 saturated heterocycles. The molecule has 8 nitrogen and oxygen atoms in total. The van der Waals surface area contributed by atoms with Gasteiger partial charge in [-0.3, -0.25) is 4.79 Å². The summed E-state index contributed by atoms with van der Waals surface area (Å²) < 4.78 is 32.2. The van der Waals surface area contributed by atoms with Crippen LogP contribution in [-0.4, -0.2) is 53.8 Å². The van der Waals surface area contributed by atoms with Crippen molar-refractivity contribution in [2.75, 3.05) is 20.1 Å². The number of hydrogen-bond acceptors (Lipinski definition) is 6. The van der Waals surface area contributed by atoms with Crippen molar-refractivity contribution in [1.29, 1.82) is 0 Å². The summed E-state index contributed by atoms with van der Waals surface area (Å²) in [6.07, 6.45) is 1.67. The van der Waals surface area contributed by atoms with Crippen LogP contribution in [0.2, 0.25) is 0 Å². The van der Waals surface area contributed by atoms with Gasteiger partial charge < -0.3 is 9.42 Å². The van der Waals surface area contributed by atoms with E-state index in [1.165, 1.54) is 4.31 Å². The first kappa shape index (κ1) is 20.5. The number of benzene rings is 1. The van der Waals surface area contributed by atoms with Gasteiger partial charge in [0.2, 0.25) is 21.8 Å². The maximum atomic E-state index is 12.8. The smallest absolute Gasteiger partial charge is 0.246 e. The van der Waals surface area contributed by atoms with Crippen LogP contribution in [0.25, 0.3) is 0 Å².